The summed E-state index contributed by atoms with van der Waals surface area (Å²) in [6.45, 7) is 1.71. The van der Waals surface area contributed by atoms with Gasteiger partial charge < -0.3 is 4.52 Å². The molecule has 1 rings (SSSR count). The van der Waals surface area contributed by atoms with Crippen LogP contribution in [0.2, 0.25) is 0 Å². The van der Waals surface area contributed by atoms with Gasteiger partial charge in [0.15, 0.2) is 0 Å². The van der Waals surface area contributed by atoms with Gasteiger partial charge in [-0.05, 0) is 6.92 Å². The lowest BCUT2D eigenvalue weighted by Gasteiger charge is -2.10. The molecule has 0 amide bonds. The SMILES string of the molecule is Cc1cc(NS(=O)(=O)N(C)C)on1. The minimum atomic E-state index is -3.49. The van der Waals surface area contributed by atoms with E-state index in [2.05, 4.69) is 14.4 Å². The van der Waals surface area contributed by atoms with Gasteiger partial charge in [-0.25, -0.2) is 4.72 Å². The van der Waals surface area contributed by atoms with E-state index < -0.39 is 10.2 Å². The highest BCUT2D eigenvalue weighted by Crippen LogP contribution is 2.10. The summed E-state index contributed by atoms with van der Waals surface area (Å²) in [6.07, 6.45) is 0. The average molecular weight is 205 g/mol. The molecule has 0 aromatic carbocycles. The minimum absolute atomic E-state index is 0.117. The van der Waals surface area contributed by atoms with Crippen molar-refractivity contribution in [3.05, 3.63) is 11.8 Å². The number of anilines is 1. The Balaban J connectivity index is 2.81. The second-order valence-corrected chi connectivity index (χ2v) is 4.61. The maximum atomic E-state index is 11.2. The average Bonchev–Trinajstić information content (AvgIpc) is 2.34. The maximum absolute atomic E-state index is 11.2. The van der Waals surface area contributed by atoms with E-state index in [1.807, 2.05) is 0 Å². The third kappa shape index (κ3) is 2.43. The molecule has 0 unspecified atom stereocenters. The second kappa shape index (κ2) is 3.35. The summed E-state index contributed by atoms with van der Waals surface area (Å²) >= 11 is 0. The lowest BCUT2D eigenvalue weighted by molar-refractivity contribution is 0.429. The number of nitrogens with one attached hydrogen (secondary N) is 1. The fourth-order valence-corrected chi connectivity index (χ4v) is 1.16. The predicted octanol–water partition coefficient (Wildman–Crippen LogP) is 0.201. The van der Waals surface area contributed by atoms with Crippen LogP contribution in [0.4, 0.5) is 5.88 Å². The molecule has 1 heterocycles. The zero-order valence-electron chi connectivity index (χ0n) is 7.60. The maximum Gasteiger partial charge on any atom is 0.303 e. The van der Waals surface area contributed by atoms with Crippen LogP contribution >= 0.6 is 0 Å². The standard InChI is InChI=1S/C6H11N3O3S/c1-5-4-6(12-7-5)8-13(10,11)9(2)3/h4,8H,1-3H3. The third-order valence-corrected chi connectivity index (χ3v) is 2.76. The molecule has 0 aliphatic carbocycles. The first-order valence-electron chi connectivity index (χ1n) is 3.55. The highest BCUT2D eigenvalue weighted by molar-refractivity contribution is 7.90. The zero-order valence-corrected chi connectivity index (χ0v) is 8.42. The molecule has 0 radical (unpaired) electrons. The number of aromatic nitrogens is 1. The fourth-order valence-electron chi connectivity index (χ4n) is 0.630. The molecule has 0 fully saturated rings. The van der Waals surface area contributed by atoms with Crippen LogP contribution < -0.4 is 4.72 Å². The van der Waals surface area contributed by atoms with Crippen molar-refractivity contribution in [2.75, 3.05) is 18.8 Å². The monoisotopic (exact) mass is 205 g/mol. The van der Waals surface area contributed by atoms with E-state index in [0.717, 1.165) is 4.31 Å². The fraction of sp³-hybridized carbons (Fsp3) is 0.500. The Kier molecular flexibility index (Phi) is 2.58. The number of rotatable bonds is 3. The molecule has 0 aliphatic heterocycles. The smallest absolute Gasteiger partial charge is 0.303 e. The van der Waals surface area contributed by atoms with E-state index in [9.17, 15) is 8.42 Å². The van der Waals surface area contributed by atoms with Crippen molar-refractivity contribution < 1.29 is 12.9 Å². The van der Waals surface area contributed by atoms with Crippen molar-refractivity contribution in [2.24, 2.45) is 0 Å². The minimum Gasteiger partial charge on any atom is -0.338 e. The summed E-state index contributed by atoms with van der Waals surface area (Å²) in [5.41, 5.74) is 0.622. The van der Waals surface area contributed by atoms with Crippen LogP contribution in [0.15, 0.2) is 10.6 Å². The van der Waals surface area contributed by atoms with E-state index in [0.29, 0.717) is 5.69 Å². The van der Waals surface area contributed by atoms with Gasteiger partial charge >= 0.3 is 10.2 Å². The summed E-state index contributed by atoms with van der Waals surface area (Å²) in [5.74, 6) is 0.117. The Labute approximate surface area is 76.7 Å². The molecule has 6 nitrogen and oxygen atoms in total. The topological polar surface area (TPSA) is 75.4 Å². The highest BCUT2D eigenvalue weighted by atomic mass is 32.2. The van der Waals surface area contributed by atoms with Crippen LogP contribution in [0.5, 0.6) is 0 Å². The van der Waals surface area contributed by atoms with Crippen LogP contribution in [0.25, 0.3) is 0 Å². The van der Waals surface area contributed by atoms with Crippen molar-refractivity contribution >= 4 is 16.1 Å². The molecular formula is C6H11N3O3S. The molecule has 1 aromatic rings. The van der Waals surface area contributed by atoms with Gasteiger partial charge in [0.05, 0.1) is 5.69 Å². The Morgan fingerprint density at radius 1 is 1.54 bits per heavy atom. The van der Waals surface area contributed by atoms with Crippen LogP contribution in [0, 0.1) is 6.92 Å². The van der Waals surface area contributed by atoms with E-state index in [4.69, 9.17) is 0 Å². The third-order valence-electron chi connectivity index (χ3n) is 1.34. The number of hydrogen-bond donors (Lipinski definition) is 1. The molecular weight excluding hydrogens is 194 g/mol. The molecule has 13 heavy (non-hydrogen) atoms. The van der Waals surface area contributed by atoms with Crippen LogP contribution in [0.1, 0.15) is 5.69 Å². The zero-order chi connectivity index (χ0) is 10.1. The van der Waals surface area contributed by atoms with Crippen molar-refractivity contribution in [3.8, 4) is 0 Å². The lowest BCUT2D eigenvalue weighted by atomic mass is 10.5. The summed E-state index contributed by atoms with van der Waals surface area (Å²) in [4.78, 5) is 0. The lowest BCUT2D eigenvalue weighted by Crippen LogP contribution is -2.28. The molecule has 74 valence electrons. The van der Waals surface area contributed by atoms with Crippen LogP contribution in [-0.4, -0.2) is 32.0 Å². The van der Waals surface area contributed by atoms with Gasteiger partial charge in [-0.1, -0.05) is 5.16 Å². The summed E-state index contributed by atoms with van der Waals surface area (Å²) in [5, 5.41) is 3.54. The van der Waals surface area contributed by atoms with Crippen molar-refractivity contribution in [3.63, 3.8) is 0 Å². The molecule has 0 saturated heterocycles. The summed E-state index contributed by atoms with van der Waals surface area (Å²) < 4.78 is 30.4. The molecule has 0 saturated carbocycles. The van der Waals surface area contributed by atoms with Gasteiger partial charge in [0.2, 0.25) is 5.88 Å². The summed E-state index contributed by atoms with van der Waals surface area (Å²) in [6, 6.07) is 1.50. The molecule has 0 spiro atoms. The first-order valence-corrected chi connectivity index (χ1v) is 4.99. The quantitative estimate of drug-likeness (QED) is 0.764. The van der Waals surface area contributed by atoms with Crippen LogP contribution in [-0.2, 0) is 10.2 Å². The predicted molar refractivity (Wildman–Crippen MR) is 47.5 cm³/mol. The highest BCUT2D eigenvalue weighted by Gasteiger charge is 2.15. The normalized spacial score (nSPS) is 12.0. The van der Waals surface area contributed by atoms with Gasteiger partial charge in [-0.2, -0.15) is 12.7 Å². The van der Waals surface area contributed by atoms with Crippen molar-refractivity contribution in [2.45, 2.75) is 6.92 Å². The van der Waals surface area contributed by atoms with E-state index in [1.54, 1.807) is 6.92 Å². The van der Waals surface area contributed by atoms with Gasteiger partial charge in [0.25, 0.3) is 0 Å². The van der Waals surface area contributed by atoms with Gasteiger partial charge in [-0.3, -0.25) is 0 Å². The molecule has 1 N–H and O–H groups in total. The Bertz CT molecular complexity index is 382. The first kappa shape index (κ1) is 10.0. The Hall–Kier alpha value is -1.08. The molecule has 7 heteroatoms. The van der Waals surface area contributed by atoms with E-state index >= 15 is 0 Å². The van der Waals surface area contributed by atoms with Crippen molar-refractivity contribution in [1.82, 2.24) is 9.46 Å². The summed E-state index contributed by atoms with van der Waals surface area (Å²) in [7, 11) is -0.644. The van der Waals surface area contributed by atoms with E-state index in [-0.39, 0.29) is 5.88 Å². The second-order valence-electron chi connectivity index (χ2n) is 2.72. The van der Waals surface area contributed by atoms with Crippen molar-refractivity contribution in [1.29, 1.82) is 0 Å². The van der Waals surface area contributed by atoms with E-state index in [1.165, 1.54) is 20.2 Å². The van der Waals surface area contributed by atoms with Gasteiger partial charge in [0.1, 0.15) is 0 Å². The first-order chi connectivity index (χ1) is 5.92. The van der Waals surface area contributed by atoms with Gasteiger partial charge in [-0.15, -0.1) is 0 Å². The molecule has 1 aromatic heterocycles. The molecule has 0 aliphatic rings. The number of aryl methyl sites for hydroxylation is 1. The molecule has 0 bridgehead atoms. The largest absolute Gasteiger partial charge is 0.338 e. The Morgan fingerprint density at radius 3 is 2.54 bits per heavy atom. The molecule has 0 atom stereocenters. The number of hydrogen-bond acceptors (Lipinski definition) is 4. The Morgan fingerprint density at radius 2 is 2.15 bits per heavy atom. The van der Waals surface area contributed by atoms with Gasteiger partial charge in [0, 0.05) is 20.2 Å². The number of nitrogens with zero attached hydrogens (tertiary/aromatic N) is 2. The van der Waals surface area contributed by atoms with Crippen LogP contribution in [0.3, 0.4) is 0 Å².